The molecule has 0 radical (unpaired) electrons. The molecular weight excluding hydrogens is 466 g/mol. The molecule has 1 fully saturated rings. The van der Waals surface area contributed by atoms with Crippen molar-refractivity contribution in [3.8, 4) is 11.5 Å². The van der Waals surface area contributed by atoms with E-state index in [0.29, 0.717) is 41.0 Å². The van der Waals surface area contributed by atoms with Gasteiger partial charge in [-0.25, -0.2) is 8.42 Å². The fourth-order valence-corrected chi connectivity index (χ4v) is 5.22. The van der Waals surface area contributed by atoms with Crippen LogP contribution in [-0.2, 0) is 21.4 Å². The highest BCUT2D eigenvalue weighted by Crippen LogP contribution is 2.38. The van der Waals surface area contributed by atoms with Crippen molar-refractivity contribution in [1.29, 1.82) is 0 Å². The Labute approximate surface area is 199 Å². The molecular formula is C23H28ClN3O5S. The van der Waals surface area contributed by atoms with E-state index >= 15 is 0 Å². The lowest BCUT2D eigenvalue weighted by Gasteiger charge is -2.28. The van der Waals surface area contributed by atoms with Crippen LogP contribution in [0.1, 0.15) is 31.2 Å². The second-order valence-corrected chi connectivity index (χ2v) is 10.3. The van der Waals surface area contributed by atoms with Crippen molar-refractivity contribution in [2.45, 2.75) is 32.2 Å². The standard InChI is InChI=1S/C23H28ClN3O5S/c24-20-13-17(14-21-23(20)32-12-4-11-31-21)15-25-22(28)16-33(29,30)26-18-5-7-19(8-6-18)27-9-2-1-3-10-27/h5-8,13-14,26H,1-4,9-12,15-16H2,(H,25,28). The van der Waals surface area contributed by atoms with E-state index in [1.165, 1.54) is 19.3 Å². The number of ether oxygens (including phenoxy) is 2. The number of nitrogens with zero attached hydrogens (tertiary/aromatic N) is 1. The van der Waals surface area contributed by atoms with Crippen molar-refractivity contribution in [3.63, 3.8) is 0 Å². The molecule has 1 saturated heterocycles. The molecule has 1 amide bonds. The molecule has 2 aliphatic rings. The fraction of sp³-hybridized carbons (Fsp3) is 0.435. The first-order valence-electron chi connectivity index (χ1n) is 11.1. The third kappa shape index (κ3) is 6.45. The van der Waals surface area contributed by atoms with Crippen LogP contribution in [0.3, 0.4) is 0 Å². The number of amides is 1. The summed E-state index contributed by atoms with van der Waals surface area (Å²) in [4.78, 5) is 14.6. The Morgan fingerprint density at radius 2 is 1.73 bits per heavy atom. The third-order valence-electron chi connectivity index (χ3n) is 5.53. The number of carbonyl (C=O) groups excluding carboxylic acids is 1. The van der Waals surface area contributed by atoms with Crippen LogP contribution in [0.25, 0.3) is 0 Å². The highest BCUT2D eigenvalue weighted by Gasteiger charge is 2.19. The minimum absolute atomic E-state index is 0.120. The molecule has 0 aromatic heterocycles. The molecule has 0 bridgehead atoms. The van der Waals surface area contributed by atoms with Crippen LogP contribution in [0.15, 0.2) is 36.4 Å². The van der Waals surface area contributed by atoms with Gasteiger partial charge in [0.1, 0.15) is 5.75 Å². The first-order valence-corrected chi connectivity index (χ1v) is 13.1. The maximum Gasteiger partial charge on any atom is 0.241 e. The van der Waals surface area contributed by atoms with E-state index in [4.69, 9.17) is 21.1 Å². The summed E-state index contributed by atoms with van der Waals surface area (Å²) in [6.45, 7) is 3.19. The molecule has 0 unspecified atom stereocenters. The van der Waals surface area contributed by atoms with Gasteiger partial charge in [0.15, 0.2) is 11.5 Å². The second kappa shape index (κ2) is 10.5. The molecule has 178 valence electrons. The average molecular weight is 494 g/mol. The lowest BCUT2D eigenvalue weighted by molar-refractivity contribution is -0.118. The Kier molecular flexibility index (Phi) is 7.49. The molecule has 2 aromatic rings. The number of anilines is 2. The summed E-state index contributed by atoms with van der Waals surface area (Å²) in [6.07, 6.45) is 4.34. The summed E-state index contributed by atoms with van der Waals surface area (Å²) >= 11 is 6.27. The van der Waals surface area contributed by atoms with Gasteiger partial charge in [-0.1, -0.05) is 11.6 Å². The molecule has 2 N–H and O–H groups in total. The number of hydrogen-bond acceptors (Lipinski definition) is 6. The monoisotopic (exact) mass is 493 g/mol. The normalized spacial score (nSPS) is 16.1. The Morgan fingerprint density at radius 1 is 1.00 bits per heavy atom. The van der Waals surface area contributed by atoms with Crippen molar-refractivity contribution >= 4 is 38.9 Å². The molecule has 0 atom stereocenters. The van der Waals surface area contributed by atoms with Crippen molar-refractivity contribution < 1.29 is 22.7 Å². The molecule has 0 saturated carbocycles. The van der Waals surface area contributed by atoms with Crippen LogP contribution in [0, 0.1) is 0 Å². The van der Waals surface area contributed by atoms with E-state index in [1.54, 1.807) is 24.3 Å². The predicted octanol–water partition coefficient (Wildman–Crippen LogP) is 3.55. The molecule has 4 rings (SSSR count). The molecule has 2 heterocycles. The number of sulfonamides is 1. The number of carbonyl (C=O) groups is 1. The number of nitrogens with one attached hydrogen (secondary N) is 2. The zero-order valence-corrected chi connectivity index (χ0v) is 19.9. The van der Waals surface area contributed by atoms with Crippen molar-refractivity contribution in [3.05, 3.63) is 47.0 Å². The van der Waals surface area contributed by atoms with Gasteiger partial charge in [-0.05, 0) is 61.2 Å². The topological polar surface area (TPSA) is 97.0 Å². The number of halogens is 1. The van der Waals surface area contributed by atoms with Gasteiger partial charge >= 0.3 is 0 Å². The zero-order valence-electron chi connectivity index (χ0n) is 18.3. The molecule has 10 heteroatoms. The van der Waals surface area contributed by atoms with Gasteiger partial charge < -0.3 is 19.7 Å². The van der Waals surface area contributed by atoms with Gasteiger partial charge in [-0.3, -0.25) is 9.52 Å². The van der Waals surface area contributed by atoms with E-state index in [9.17, 15) is 13.2 Å². The van der Waals surface area contributed by atoms with Crippen molar-refractivity contribution in [2.24, 2.45) is 0 Å². The second-order valence-electron chi connectivity index (χ2n) is 8.19. The third-order valence-corrected chi connectivity index (χ3v) is 7.00. The van der Waals surface area contributed by atoms with E-state index in [1.807, 2.05) is 12.1 Å². The minimum atomic E-state index is -3.85. The minimum Gasteiger partial charge on any atom is -0.489 e. The number of fused-ring (bicyclic) bond motifs is 1. The molecule has 33 heavy (non-hydrogen) atoms. The fourth-order valence-electron chi connectivity index (χ4n) is 3.92. The van der Waals surface area contributed by atoms with Crippen LogP contribution in [0.4, 0.5) is 11.4 Å². The first-order chi connectivity index (χ1) is 15.9. The number of benzene rings is 2. The van der Waals surface area contributed by atoms with Crippen LogP contribution in [0.5, 0.6) is 11.5 Å². The van der Waals surface area contributed by atoms with Gasteiger partial charge in [0.25, 0.3) is 0 Å². The van der Waals surface area contributed by atoms with Gasteiger partial charge in [0, 0.05) is 37.4 Å². The van der Waals surface area contributed by atoms with Crippen molar-refractivity contribution in [2.75, 3.05) is 41.7 Å². The lowest BCUT2D eigenvalue weighted by Crippen LogP contribution is -2.32. The maximum atomic E-state index is 12.5. The summed E-state index contributed by atoms with van der Waals surface area (Å²) in [5, 5.41) is 3.01. The Bertz CT molecular complexity index is 1090. The van der Waals surface area contributed by atoms with Crippen LogP contribution >= 0.6 is 11.6 Å². The summed E-state index contributed by atoms with van der Waals surface area (Å²) in [5.41, 5.74) is 2.19. The number of rotatable bonds is 7. The SMILES string of the molecule is O=C(CS(=O)(=O)Nc1ccc(N2CCCCC2)cc1)NCc1cc(Cl)c2c(c1)OCCCO2. The van der Waals surface area contributed by atoms with Gasteiger partial charge in [0.05, 0.1) is 18.2 Å². The molecule has 2 aliphatic heterocycles. The van der Waals surface area contributed by atoms with Gasteiger partial charge in [-0.15, -0.1) is 0 Å². The summed E-state index contributed by atoms with van der Waals surface area (Å²) in [5.74, 6) is -0.288. The predicted molar refractivity (Wildman–Crippen MR) is 129 cm³/mol. The smallest absolute Gasteiger partial charge is 0.241 e. The summed E-state index contributed by atoms with van der Waals surface area (Å²) in [6, 6.07) is 10.7. The van der Waals surface area contributed by atoms with Crippen molar-refractivity contribution in [1.82, 2.24) is 5.32 Å². The van der Waals surface area contributed by atoms with E-state index in [0.717, 1.165) is 25.2 Å². The van der Waals surface area contributed by atoms with Gasteiger partial charge in [0.2, 0.25) is 15.9 Å². The van der Waals surface area contributed by atoms with E-state index in [-0.39, 0.29) is 6.54 Å². The Balaban J connectivity index is 1.30. The Hall–Kier alpha value is -2.65. The highest BCUT2D eigenvalue weighted by atomic mass is 35.5. The summed E-state index contributed by atoms with van der Waals surface area (Å²) < 4.78 is 38.6. The summed E-state index contributed by atoms with van der Waals surface area (Å²) in [7, 11) is -3.85. The lowest BCUT2D eigenvalue weighted by atomic mass is 10.1. The zero-order chi connectivity index (χ0) is 23.3. The molecule has 0 spiro atoms. The van der Waals surface area contributed by atoms with Gasteiger partial charge in [-0.2, -0.15) is 0 Å². The highest BCUT2D eigenvalue weighted by molar-refractivity contribution is 7.93. The van der Waals surface area contributed by atoms with Crippen LogP contribution < -0.4 is 24.4 Å². The molecule has 2 aromatic carbocycles. The van der Waals surface area contributed by atoms with Crippen LogP contribution in [-0.4, -0.2) is 46.4 Å². The average Bonchev–Trinajstić information content (AvgIpc) is 3.04. The van der Waals surface area contributed by atoms with E-state index < -0.39 is 21.7 Å². The largest absolute Gasteiger partial charge is 0.489 e. The number of hydrogen-bond donors (Lipinski definition) is 2. The first kappa shape index (κ1) is 23.5. The maximum absolute atomic E-state index is 12.5. The van der Waals surface area contributed by atoms with E-state index in [2.05, 4.69) is 14.9 Å². The molecule has 0 aliphatic carbocycles. The Morgan fingerprint density at radius 3 is 2.48 bits per heavy atom. The number of piperidine rings is 1. The molecule has 8 nitrogen and oxygen atoms in total. The van der Waals surface area contributed by atoms with Crippen LogP contribution in [0.2, 0.25) is 5.02 Å². The quantitative estimate of drug-likeness (QED) is 0.612.